The highest BCUT2D eigenvalue weighted by Gasteiger charge is 2.41. The number of aromatic nitrogens is 1. The van der Waals surface area contributed by atoms with Gasteiger partial charge < -0.3 is 25.6 Å². The molecule has 3 heterocycles. The second kappa shape index (κ2) is 15.8. The minimum Gasteiger partial charge on any atom is -0.391 e. The second-order valence-electron chi connectivity index (χ2n) is 16.0. The monoisotopic (exact) mass is 723 g/mol. The number of hydrogen-bond acceptors (Lipinski definition) is 5. The van der Waals surface area contributed by atoms with E-state index in [1.807, 2.05) is 56.9 Å². The first-order chi connectivity index (χ1) is 24.4. The lowest BCUT2D eigenvalue weighted by atomic mass is 9.85. The van der Waals surface area contributed by atoms with Gasteiger partial charge in [0.1, 0.15) is 23.3 Å². The molecule has 1 saturated heterocycles. The number of benzene rings is 2. The highest BCUT2D eigenvalue weighted by molar-refractivity contribution is 5.92. The summed E-state index contributed by atoms with van der Waals surface area (Å²) in [6.45, 7) is 11.4. The van der Waals surface area contributed by atoms with Crippen molar-refractivity contribution in [2.45, 2.75) is 104 Å². The summed E-state index contributed by atoms with van der Waals surface area (Å²) in [5, 5.41) is 16.4. The molecule has 0 aliphatic carbocycles. The lowest BCUT2D eigenvalue weighted by molar-refractivity contribution is -0.138. The summed E-state index contributed by atoms with van der Waals surface area (Å²) in [6, 6.07) is 8.26. The molecule has 52 heavy (non-hydrogen) atoms. The summed E-state index contributed by atoms with van der Waals surface area (Å²) < 4.78 is 47.0. The zero-order valence-corrected chi connectivity index (χ0v) is 31.0. The molecule has 1 aromatic heterocycles. The van der Waals surface area contributed by atoms with Gasteiger partial charge in [0.2, 0.25) is 17.7 Å². The van der Waals surface area contributed by atoms with E-state index in [-0.39, 0.29) is 55.0 Å². The first-order valence-corrected chi connectivity index (χ1v) is 18.2. The van der Waals surface area contributed by atoms with Crippen molar-refractivity contribution in [2.24, 2.45) is 5.41 Å². The van der Waals surface area contributed by atoms with Crippen LogP contribution in [0.2, 0.25) is 0 Å². The number of β-amino-alcohol motifs (C(OH)–C–C–N with tert-alkyl or cyclic N) is 1. The van der Waals surface area contributed by atoms with E-state index in [0.717, 1.165) is 16.5 Å². The van der Waals surface area contributed by atoms with E-state index in [1.165, 1.54) is 38.1 Å². The van der Waals surface area contributed by atoms with E-state index in [4.69, 9.17) is 0 Å². The zero-order valence-electron chi connectivity index (χ0n) is 31.0. The standard InChI is InChI=1S/C40H52F3N5O4/c1-24-19-28-27-11-7-8-12-31(27)45-35(28)36(48(24)23-40(5,6)43)34-29(41)20-25(21-30(34)42)14-15-32(50)44-17-10-9-13-33(51)46-37(39(2,3)4)38(52)47-18-16-26(49)22-47/h7-8,11-12,14-15,20-21,24,26,36-37,45,49H,9-10,13,16-19,22-23H2,1-6H3,(H,44,50)(H,46,51)/b15-14+/t24-,26-,36-,37-/m1/s1. The molecule has 5 rings (SSSR count). The van der Waals surface area contributed by atoms with Crippen molar-refractivity contribution < 1.29 is 32.7 Å². The van der Waals surface area contributed by atoms with Gasteiger partial charge in [0.25, 0.3) is 0 Å². The summed E-state index contributed by atoms with van der Waals surface area (Å²) in [6.07, 6.45) is 4.24. The summed E-state index contributed by atoms with van der Waals surface area (Å²) in [5.74, 6) is -2.53. The van der Waals surface area contributed by atoms with E-state index >= 15 is 13.2 Å². The van der Waals surface area contributed by atoms with Crippen LogP contribution in [0.5, 0.6) is 0 Å². The van der Waals surface area contributed by atoms with Crippen LogP contribution in [-0.4, -0.2) is 87.6 Å². The third-order valence-corrected chi connectivity index (χ3v) is 9.90. The predicted molar refractivity (Wildman–Crippen MR) is 196 cm³/mol. The number of aliphatic hydroxyl groups excluding tert-OH is 1. The Hall–Kier alpha value is -4.16. The number of likely N-dealkylation sites (tertiary alicyclic amines) is 1. The number of nitrogens with zero attached hydrogens (tertiary/aromatic N) is 2. The molecular weight excluding hydrogens is 671 g/mol. The molecule has 2 aromatic carbocycles. The summed E-state index contributed by atoms with van der Waals surface area (Å²) in [5.41, 5.74) is 0.310. The fourth-order valence-corrected chi connectivity index (χ4v) is 7.32. The lowest BCUT2D eigenvalue weighted by Gasteiger charge is -2.43. The van der Waals surface area contributed by atoms with Gasteiger partial charge in [0.05, 0.1) is 12.1 Å². The summed E-state index contributed by atoms with van der Waals surface area (Å²) in [4.78, 5) is 45.1. The van der Waals surface area contributed by atoms with Gasteiger partial charge in [0, 0.05) is 66.9 Å². The molecule has 2 aliphatic heterocycles. The van der Waals surface area contributed by atoms with E-state index in [1.54, 1.807) is 4.90 Å². The zero-order chi connectivity index (χ0) is 38.0. The SMILES string of the molecule is C[C@@H]1Cc2c([nH]c3ccccc23)[C@@H](c2c(F)cc(/C=C/C(=O)NCCCCC(=O)N[C@H](C(=O)N3CC[C@@H](O)C3)C(C)(C)C)cc2F)N1CC(C)(C)F. The van der Waals surface area contributed by atoms with Gasteiger partial charge in [-0.15, -0.1) is 0 Å². The van der Waals surface area contributed by atoms with Crippen LogP contribution < -0.4 is 10.6 Å². The minimum absolute atomic E-state index is 0.0271. The number of alkyl halides is 1. The lowest BCUT2D eigenvalue weighted by Crippen LogP contribution is -2.54. The van der Waals surface area contributed by atoms with Crippen LogP contribution in [-0.2, 0) is 20.8 Å². The fraction of sp³-hybridized carbons (Fsp3) is 0.525. The maximum Gasteiger partial charge on any atom is 0.245 e. The van der Waals surface area contributed by atoms with Crippen LogP contribution in [0.3, 0.4) is 0 Å². The number of fused-ring (bicyclic) bond motifs is 3. The number of aliphatic hydroxyl groups is 1. The van der Waals surface area contributed by atoms with Crippen molar-refractivity contribution in [3.8, 4) is 0 Å². The second-order valence-corrected chi connectivity index (χ2v) is 16.0. The predicted octanol–water partition coefficient (Wildman–Crippen LogP) is 5.95. The number of carbonyl (C=O) groups excluding carboxylic acids is 3. The molecule has 4 atom stereocenters. The van der Waals surface area contributed by atoms with E-state index in [0.29, 0.717) is 37.9 Å². The van der Waals surface area contributed by atoms with Crippen molar-refractivity contribution in [3.05, 3.63) is 76.5 Å². The molecule has 282 valence electrons. The van der Waals surface area contributed by atoms with Gasteiger partial charge in [-0.05, 0) is 87.3 Å². The van der Waals surface area contributed by atoms with Crippen molar-refractivity contribution in [1.82, 2.24) is 25.4 Å². The van der Waals surface area contributed by atoms with Crippen molar-refractivity contribution >= 4 is 34.7 Å². The van der Waals surface area contributed by atoms with Gasteiger partial charge in [-0.1, -0.05) is 39.0 Å². The molecular formula is C40H52F3N5O4. The van der Waals surface area contributed by atoms with E-state index < -0.39 is 46.8 Å². The molecule has 0 radical (unpaired) electrons. The highest BCUT2D eigenvalue weighted by atomic mass is 19.1. The maximum absolute atomic E-state index is 16.0. The number of aromatic amines is 1. The molecule has 3 amide bonds. The van der Waals surface area contributed by atoms with Gasteiger partial charge in [-0.2, -0.15) is 0 Å². The molecule has 4 N–H and O–H groups in total. The molecule has 0 spiro atoms. The Morgan fingerprint density at radius 2 is 1.77 bits per heavy atom. The van der Waals surface area contributed by atoms with Gasteiger partial charge in [-0.25, -0.2) is 13.2 Å². The number of H-pyrrole nitrogens is 1. The Bertz CT molecular complexity index is 1790. The van der Waals surface area contributed by atoms with Gasteiger partial charge >= 0.3 is 0 Å². The molecule has 0 saturated carbocycles. The number of halogens is 3. The number of amides is 3. The number of carbonyl (C=O) groups is 3. The van der Waals surface area contributed by atoms with Crippen LogP contribution in [0.25, 0.3) is 17.0 Å². The molecule has 12 heteroatoms. The topological polar surface area (TPSA) is 118 Å². The van der Waals surface area contributed by atoms with Crippen molar-refractivity contribution in [3.63, 3.8) is 0 Å². The van der Waals surface area contributed by atoms with Crippen LogP contribution in [0.4, 0.5) is 13.2 Å². The molecule has 1 fully saturated rings. The quantitative estimate of drug-likeness (QED) is 0.136. The smallest absolute Gasteiger partial charge is 0.245 e. The van der Waals surface area contributed by atoms with E-state index in [2.05, 4.69) is 15.6 Å². The Balaban J connectivity index is 1.19. The molecule has 3 aromatic rings. The van der Waals surface area contributed by atoms with Crippen LogP contribution in [0.1, 0.15) is 95.7 Å². The van der Waals surface area contributed by atoms with Crippen LogP contribution in [0.15, 0.2) is 42.5 Å². The molecule has 9 nitrogen and oxygen atoms in total. The van der Waals surface area contributed by atoms with Gasteiger partial charge in [0.15, 0.2) is 0 Å². The Kier molecular flexibility index (Phi) is 11.9. The number of rotatable bonds is 12. The molecule has 0 unspecified atom stereocenters. The third kappa shape index (κ3) is 9.25. The average molecular weight is 724 g/mol. The Morgan fingerprint density at radius 1 is 1.08 bits per heavy atom. The minimum atomic E-state index is -1.61. The highest BCUT2D eigenvalue weighted by Crippen LogP contribution is 2.43. The third-order valence-electron chi connectivity index (χ3n) is 9.90. The number of para-hydroxylation sites is 1. The van der Waals surface area contributed by atoms with Crippen molar-refractivity contribution in [2.75, 3.05) is 26.2 Å². The number of unbranched alkanes of at least 4 members (excludes halogenated alkanes) is 1. The Labute approximate surface area is 304 Å². The number of nitrogens with one attached hydrogen (secondary N) is 3. The van der Waals surface area contributed by atoms with Crippen LogP contribution >= 0.6 is 0 Å². The van der Waals surface area contributed by atoms with Crippen molar-refractivity contribution in [1.29, 1.82) is 0 Å². The van der Waals surface area contributed by atoms with Crippen LogP contribution in [0, 0.1) is 17.0 Å². The summed E-state index contributed by atoms with van der Waals surface area (Å²) >= 11 is 0. The Morgan fingerprint density at radius 3 is 2.40 bits per heavy atom. The van der Waals surface area contributed by atoms with E-state index in [9.17, 15) is 19.5 Å². The van der Waals surface area contributed by atoms with Gasteiger partial charge in [-0.3, -0.25) is 19.3 Å². The molecule has 0 bridgehead atoms. The fourth-order valence-electron chi connectivity index (χ4n) is 7.32. The maximum atomic E-state index is 16.0. The first kappa shape index (κ1) is 39.1. The normalized spacial score (nSPS) is 20.3. The molecule has 2 aliphatic rings. The summed E-state index contributed by atoms with van der Waals surface area (Å²) in [7, 11) is 0. The largest absolute Gasteiger partial charge is 0.391 e. The first-order valence-electron chi connectivity index (χ1n) is 18.2. The number of hydrogen-bond donors (Lipinski definition) is 4. The average Bonchev–Trinajstić information content (AvgIpc) is 3.65.